The van der Waals surface area contributed by atoms with Gasteiger partial charge in [0.15, 0.2) is 6.20 Å². The van der Waals surface area contributed by atoms with Crippen LogP contribution in [-0.4, -0.2) is 7.05 Å². The largest absolute Gasteiger partial charge is 0.344 e. The number of benzene rings is 2. The van der Waals surface area contributed by atoms with Gasteiger partial charge in [0.25, 0.3) is 0 Å². The van der Waals surface area contributed by atoms with Gasteiger partial charge in [-0.2, -0.15) is 0 Å². The van der Waals surface area contributed by atoms with Gasteiger partial charge in [0.2, 0.25) is 5.69 Å². The maximum atomic E-state index is 2.35. The third kappa shape index (κ3) is 2.21. The van der Waals surface area contributed by atoms with E-state index in [0.29, 0.717) is 0 Å². The fourth-order valence-electron chi connectivity index (χ4n) is 4.28. The second-order valence-electron chi connectivity index (χ2n) is 7.55. The molecule has 3 aromatic rings. The first-order valence-corrected chi connectivity index (χ1v) is 8.85. The summed E-state index contributed by atoms with van der Waals surface area (Å²) in [5.41, 5.74) is 9.28. The van der Waals surface area contributed by atoms with Crippen molar-refractivity contribution in [1.29, 1.82) is 0 Å². The predicted octanol–water partition coefficient (Wildman–Crippen LogP) is 4.89. The van der Waals surface area contributed by atoms with Crippen molar-refractivity contribution in [1.82, 2.24) is 0 Å². The summed E-state index contributed by atoms with van der Waals surface area (Å²) in [7, 11) is 4.30. The molecule has 0 saturated heterocycles. The molecule has 0 atom stereocenters. The van der Waals surface area contributed by atoms with Crippen molar-refractivity contribution in [3.8, 4) is 11.3 Å². The SMILES string of the molecule is Cc1ccc2c(c1-c1cccc[n+]1C)C(C)(C)c1ccccc1N2C. The monoisotopic (exact) mass is 329 g/mol. The summed E-state index contributed by atoms with van der Waals surface area (Å²) in [6.07, 6.45) is 2.13. The third-order valence-corrected chi connectivity index (χ3v) is 5.63. The highest BCUT2D eigenvalue weighted by Gasteiger charge is 2.38. The van der Waals surface area contributed by atoms with Gasteiger partial charge in [-0.05, 0) is 36.2 Å². The molecule has 0 aliphatic carbocycles. The van der Waals surface area contributed by atoms with Gasteiger partial charge in [-0.25, -0.2) is 4.57 Å². The Hall–Kier alpha value is -2.61. The van der Waals surface area contributed by atoms with Crippen molar-refractivity contribution >= 4 is 11.4 Å². The van der Waals surface area contributed by atoms with Crippen molar-refractivity contribution in [3.05, 3.63) is 77.5 Å². The molecule has 0 bridgehead atoms. The molecular formula is C23H25N2+. The Morgan fingerprint density at radius 1 is 0.880 bits per heavy atom. The molecule has 0 N–H and O–H groups in total. The molecule has 0 fully saturated rings. The van der Waals surface area contributed by atoms with Gasteiger partial charge in [-0.3, -0.25) is 0 Å². The maximum absolute atomic E-state index is 2.35. The molecule has 0 radical (unpaired) electrons. The number of pyridine rings is 1. The van der Waals surface area contributed by atoms with E-state index in [9.17, 15) is 0 Å². The lowest BCUT2D eigenvalue weighted by atomic mass is 9.70. The third-order valence-electron chi connectivity index (χ3n) is 5.63. The first-order valence-electron chi connectivity index (χ1n) is 8.85. The lowest BCUT2D eigenvalue weighted by molar-refractivity contribution is -0.660. The zero-order valence-electron chi connectivity index (χ0n) is 15.7. The minimum Gasteiger partial charge on any atom is -0.344 e. The molecule has 25 heavy (non-hydrogen) atoms. The highest BCUT2D eigenvalue weighted by atomic mass is 15.1. The van der Waals surface area contributed by atoms with Crippen LogP contribution in [0.4, 0.5) is 11.4 Å². The summed E-state index contributed by atoms with van der Waals surface area (Å²) in [5.74, 6) is 0. The van der Waals surface area contributed by atoms with Gasteiger partial charge >= 0.3 is 0 Å². The molecule has 0 amide bonds. The number of hydrogen-bond donors (Lipinski definition) is 0. The molecule has 4 rings (SSSR count). The maximum Gasteiger partial charge on any atom is 0.212 e. The number of aromatic nitrogens is 1. The molecule has 2 nitrogen and oxygen atoms in total. The Bertz CT molecular complexity index is 970. The number of hydrogen-bond acceptors (Lipinski definition) is 1. The van der Waals surface area contributed by atoms with Gasteiger partial charge in [-0.15, -0.1) is 0 Å². The van der Waals surface area contributed by atoms with Crippen LogP contribution < -0.4 is 9.47 Å². The summed E-state index contributed by atoms with van der Waals surface area (Å²) >= 11 is 0. The van der Waals surface area contributed by atoms with Crippen molar-refractivity contribution in [2.75, 3.05) is 11.9 Å². The molecule has 2 heterocycles. The summed E-state index contributed by atoms with van der Waals surface area (Å²) in [5, 5.41) is 0. The predicted molar refractivity (Wildman–Crippen MR) is 104 cm³/mol. The Kier molecular flexibility index (Phi) is 3.47. The van der Waals surface area contributed by atoms with E-state index < -0.39 is 0 Å². The van der Waals surface area contributed by atoms with Gasteiger partial charge < -0.3 is 4.90 Å². The van der Waals surface area contributed by atoms with Crippen LogP contribution in [0.15, 0.2) is 60.8 Å². The van der Waals surface area contributed by atoms with Gasteiger partial charge in [0.1, 0.15) is 7.05 Å². The zero-order chi connectivity index (χ0) is 17.8. The fourth-order valence-corrected chi connectivity index (χ4v) is 4.28. The van der Waals surface area contributed by atoms with Crippen LogP contribution in [0.2, 0.25) is 0 Å². The number of aryl methyl sites for hydroxylation is 2. The van der Waals surface area contributed by atoms with Crippen LogP contribution in [0.25, 0.3) is 11.3 Å². The average molecular weight is 329 g/mol. The van der Waals surface area contributed by atoms with E-state index in [4.69, 9.17) is 0 Å². The Morgan fingerprint density at radius 2 is 1.60 bits per heavy atom. The lowest BCUT2D eigenvalue weighted by Gasteiger charge is -2.41. The van der Waals surface area contributed by atoms with E-state index >= 15 is 0 Å². The van der Waals surface area contributed by atoms with Crippen molar-refractivity contribution in [2.45, 2.75) is 26.2 Å². The van der Waals surface area contributed by atoms with Crippen molar-refractivity contribution in [3.63, 3.8) is 0 Å². The minimum absolute atomic E-state index is 0.0529. The molecule has 2 heteroatoms. The lowest BCUT2D eigenvalue weighted by Crippen LogP contribution is -2.35. The second kappa shape index (κ2) is 5.45. The number of anilines is 2. The molecule has 1 aromatic heterocycles. The topological polar surface area (TPSA) is 7.12 Å². The molecule has 126 valence electrons. The zero-order valence-corrected chi connectivity index (χ0v) is 15.7. The van der Waals surface area contributed by atoms with Crippen LogP contribution >= 0.6 is 0 Å². The van der Waals surface area contributed by atoms with Crippen LogP contribution in [0.5, 0.6) is 0 Å². The summed E-state index contributed by atoms with van der Waals surface area (Å²) in [6.45, 7) is 6.92. The Morgan fingerprint density at radius 3 is 2.36 bits per heavy atom. The minimum atomic E-state index is -0.0529. The molecular weight excluding hydrogens is 304 g/mol. The van der Waals surface area contributed by atoms with Crippen molar-refractivity contribution < 1.29 is 4.57 Å². The van der Waals surface area contributed by atoms with E-state index in [1.807, 2.05) is 0 Å². The summed E-state index contributed by atoms with van der Waals surface area (Å²) < 4.78 is 2.22. The smallest absolute Gasteiger partial charge is 0.212 e. The summed E-state index contributed by atoms with van der Waals surface area (Å²) in [6, 6.07) is 19.7. The number of fused-ring (bicyclic) bond motifs is 2. The van der Waals surface area contributed by atoms with Crippen LogP contribution in [0.1, 0.15) is 30.5 Å². The van der Waals surface area contributed by atoms with Crippen LogP contribution in [0.3, 0.4) is 0 Å². The van der Waals surface area contributed by atoms with E-state index in [2.05, 4.69) is 105 Å². The standard InChI is InChI=1S/C23H25N2/c1-16-13-14-20-22(21(16)19-12-8-9-15-24(19)4)23(2,3)17-10-6-7-11-18(17)25(20)5/h6-15H,1-5H3/q+1. The molecule has 2 aromatic carbocycles. The Labute approximate surface area is 150 Å². The van der Waals surface area contributed by atoms with Crippen LogP contribution in [0, 0.1) is 6.92 Å². The van der Waals surface area contributed by atoms with E-state index in [1.54, 1.807) is 0 Å². The average Bonchev–Trinajstić information content (AvgIpc) is 2.61. The quantitative estimate of drug-likeness (QED) is 0.576. The number of para-hydroxylation sites is 1. The molecule has 1 aliphatic heterocycles. The van der Waals surface area contributed by atoms with Crippen molar-refractivity contribution in [2.24, 2.45) is 7.05 Å². The molecule has 1 aliphatic rings. The van der Waals surface area contributed by atoms with E-state index in [0.717, 1.165) is 0 Å². The second-order valence-corrected chi connectivity index (χ2v) is 7.55. The Balaban J connectivity index is 2.10. The van der Waals surface area contributed by atoms with Crippen LogP contribution in [-0.2, 0) is 12.5 Å². The molecule has 0 spiro atoms. The summed E-state index contributed by atoms with van der Waals surface area (Å²) in [4.78, 5) is 2.34. The van der Waals surface area contributed by atoms with E-state index in [1.165, 1.54) is 39.3 Å². The normalized spacial score (nSPS) is 14.8. The highest BCUT2D eigenvalue weighted by Crippen LogP contribution is 2.51. The number of rotatable bonds is 1. The number of nitrogens with zero attached hydrogens (tertiary/aromatic N) is 2. The van der Waals surface area contributed by atoms with Gasteiger partial charge in [-0.1, -0.05) is 38.1 Å². The molecule has 0 saturated carbocycles. The highest BCUT2D eigenvalue weighted by molar-refractivity contribution is 5.85. The van der Waals surface area contributed by atoms with Gasteiger partial charge in [0, 0.05) is 41.5 Å². The first-order chi connectivity index (χ1) is 11.9. The molecule has 0 unspecified atom stereocenters. The van der Waals surface area contributed by atoms with Gasteiger partial charge in [0.05, 0.1) is 5.56 Å². The van der Waals surface area contributed by atoms with E-state index in [-0.39, 0.29) is 5.41 Å². The first kappa shape index (κ1) is 15.9. The fraction of sp³-hybridized carbons (Fsp3) is 0.261.